The zero-order chi connectivity index (χ0) is 11.0. The second kappa shape index (κ2) is 9.08. The molecule has 0 saturated heterocycles. The van der Waals surface area contributed by atoms with Crippen molar-refractivity contribution in [3.8, 4) is 12.8 Å². The van der Waals surface area contributed by atoms with Crippen LogP contribution >= 0.6 is 13.5 Å². The lowest BCUT2D eigenvalue weighted by atomic mass is 9.96. The van der Waals surface area contributed by atoms with E-state index >= 15 is 0 Å². The monoisotopic (exact) mass is 253 g/mol. The van der Waals surface area contributed by atoms with Gasteiger partial charge in [-0.25, -0.2) is 13.1 Å². The molecule has 0 aromatic carbocycles. The summed E-state index contributed by atoms with van der Waals surface area (Å²) in [5.41, 5.74) is 0. The molecule has 15 heavy (non-hydrogen) atoms. The van der Waals surface area contributed by atoms with Gasteiger partial charge in [0, 0.05) is 7.47 Å². The minimum Gasteiger partial charge on any atom is -0.212 e. The minimum absolute atomic E-state index is 0. The second-order valence-electron chi connectivity index (χ2n) is 3.36. The van der Waals surface area contributed by atoms with Crippen LogP contribution < -0.4 is 4.72 Å². The van der Waals surface area contributed by atoms with Gasteiger partial charge in [0.25, 0.3) is 0 Å². The average molecular weight is 253 g/mol. The normalized spacial score (nSPS) is 17.0. The van der Waals surface area contributed by atoms with Crippen LogP contribution in [-0.2, 0) is 10.0 Å². The summed E-state index contributed by atoms with van der Waals surface area (Å²) in [4.78, 5) is 0. The van der Waals surface area contributed by atoms with Gasteiger partial charge in [0.1, 0.15) is 0 Å². The number of sulfonamides is 1. The average Bonchev–Trinajstić information content (AvgIpc) is 2.22. The number of nitrogens with one attached hydrogen (secondary N) is 1. The lowest BCUT2D eigenvalue weighted by Crippen LogP contribution is -2.36. The summed E-state index contributed by atoms with van der Waals surface area (Å²) in [6.45, 7) is 1.67. The van der Waals surface area contributed by atoms with Gasteiger partial charge in [0.2, 0.25) is 10.0 Å². The first-order chi connectivity index (χ1) is 6.64. The van der Waals surface area contributed by atoms with Crippen molar-refractivity contribution in [2.75, 3.05) is 5.75 Å². The lowest BCUT2D eigenvalue weighted by Gasteiger charge is -2.22. The number of hydrogen-bond donors (Lipinski definition) is 1. The molecule has 1 aliphatic carbocycles. The van der Waals surface area contributed by atoms with E-state index in [9.17, 15) is 8.42 Å². The molecular weight excluding hydrogens is 230 g/mol. The molecule has 1 fully saturated rings. The van der Waals surface area contributed by atoms with Gasteiger partial charge in [-0.2, -0.15) is 13.5 Å². The van der Waals surface area contributed by atoms with Crippen molar-refractivity contribution in [3.63, 3.8) is 0 Å². The van der Waals surface area contributed by atoms with Crippen molar-refractivity contribution in [2.45, 2.75) is 45.1 Å². The first kappa shape index (κ1) is 17.2. The van der Waals surface area contributed by atoms with Crippen molar-refractivity contribution in [2.24, 2.45) is 0 Å². The van der Waals surface area contributed by atoms with Crippen molar-refractivity contribution in [1.29, 1.82) is 0 Å². The van der Waals surface area contributed by atoms with Crippen molar-refractivity contribution in [3.05, 3.63) is 0 Å². The molecular formula is C10H23NO2S2. The van der Waals surface area contributed by atoms with Gasteiger partial charge in [-0.15, -0.1) is 12.8 Å². The first-order valence-electron chi connectivity index (χ1n) is 4.97. The Hall–Kier alpha value is -0.180. The molecule has 92 valence electrons. The van der Waals surface area contributed by atoms with Gasteiger partial charge in [0.15, 0.2) is 0 Å². The summed E-state index contributed by atoms with van der Waals surface area (Å²) in [6, 6.07) is 0.212. The maximum absolute atomic E-state index is 11.2. The van der Waals surface area contributed by atoms with Crippen LogP contribution in [0.25, 0.3) is 0 Å². The summed E-state index contributed by atoms with van der Waals surface area (Å²) in [7, 11) is -2.97. The smallest absolute Gasteiger partial charge is 0.211 e. The Balaban J connectivity index is -0.000000399. The molecule has 0 bridgehead atoms. The van der Waals surface area contributed by atoms with Crippen LogP contribution in [0.1, 0.15) is 40.5 Å². The first-order valence-corrected chi connectivity index (χ1v) is 6.62. The SMILES string of the molecule is C#C.CCS(=O)(=O)NC1CCCCC1.S.[HH]. The highest BCUT2D eigenvalue weighted by Crippen LogP contribution is 2.17. The molecule has 0 spiro atoms. The third-order valence-electron chi connectivity index (χ3n) is 2.33. The van der Waals surface area contributed by atoms with E-state index in [4.69, 9.17) is 0 Å². The van der Waals surface area contributed by atoms with Gasteiger partial charge >= 0.3 is 0 Å². The molecule has 0 atom stereocenters. The molecule has 0 radical (unpaired) electrons. The molecule has 1 saturated carbocycles. The van der Waals surface area contributed by atoms with Crippen LogP contribution in [0.2, 0.25) is 0 Å². The third kappa shape index (κ3) is 7.71. The summed E-state index contributed by atoms with van der Waals surface area (Å²) in [6.07, 6.45) is 13.6. The van der Waals surface area contributed by atoms with Crippen molar-refractivity contribution >= 4 is 23.5 Å². The zero-order valence-corrected chi connectivity index (χ0v) is 11.0. The Morgan fingerprint density at radius 1 is 1.27 bits per heavy atom. The zero-order valence-electron chi connectivity index (χ0n) is 9.20. The highest BCUT2D eigenvalue weighted by atomic mass is 32.2. The minimum atomic E-state index is -2.97. The van der Waals surface area contributed by atoms with Gasteiger partial charge in [-0.05, 0) is 19.8 Å². The van der Waals surface area contributed by atoms with E-state index in [1.165, 1.54) is 6.42 Å². The molecule has 0 amide bonds. The Labute approximate surface area is 102 Å². The predicted octanol–water partition coefficient (Wildman–Crippen LogP) is 1.87. The van der Waals surface area contributed by atoms with Gasteiger partial charge < -0.3 is 0 Å². The van der Waals surface area contributed by atoms with Gasteiger partial charge in [-0.3, -0.25) is 0 Å². The molecule has 0 aliphatic heterocycles. The molecule has 3 nitrogen and oxygen atoms in total. The summed E-state index contributed by atoms with van der Waals surface area (Å²) in [5, 5.41) is 0. The molecule has 0 heterocycles. The molecule has 1 N–H and O–H groups in total. The number of hydrogen-bond acceptors (Lipinski definition) is 2. The van der Waals surface area contributed by atoms with E-state index in [0.29, 0.717) is 0 Å². The van der Waals surface area contributed by atoms with Crippen LogP contribution in [0.3, 0.4) is 0 Å². The quantitative estimate of drug-likeness (QED) is 0.781. The van der Waals surface area contributed by atoms with Crippen LogP contribution in [0.5, 0.6) is 0 Å². The van der Waals surface area contributed by atoms with Crippen LogP contribution in [0, 0.1) is 12.8 Å². The van der Waals surface area contributed by atoms with E-state index in [0.717, 1.165) is 25.7 Å². The third-order valence-corrected chi connectivity index (χ3v) is 3.78. The predicted molar refractivity (Wildman–Crippen MR) is 71.9 cm³/mol. The van der Waals surface area contributed by atoms with E-state index in [-0.39, 0.29) is 26.7 Å². The van der Waals surface area contributed by atoms with E-state index in [2.05, 4.69) is 17.6 Å². The maximum atomic E-state index is 11.2. The fourth-order valence-corrected chi connectivity index (χ4v) is 2.47. The Morgan fingerprint density at radius 3 is 2.13 bits per heavy atom. The molecule has 1 rings (SSSR count). The van der Waals surface area contributed by atoms with Crippen LogP contribution in [0.15, 0.2) is 0 Å². The standard InChI is InChI=1S/C8H17NO2S.C2H2.H2S.H2/c1-2-12(10,11)9-8-6-4-3-5-7-8;1-2;;/h8-9H,2-7H2,1H3;1-2H;1H2;1H. The van der Waals surface area contributed by atoms with Crippen molar-refractivity contribution in [1.82, 2.24) is 4.72 Å². The fraction of sp³-hybridized carbons (Fsp3) is 0.800. The number of rotatable bonds is 3. The molecule has 0 unspecified atom stereocenters. The topological polar surface area (TPSA) is 46.2 Å². The highest BCUT2D eigenvalue weighted by Gasteiger charge is 2.18. The molecule has 5 heteroatoms. The second-order valence-corrected chi connectivity index (χ2v) is 5.40. The largest absolute Gasteiger partial charge is 0.212 e. The Kier molecular flexibility index (Phi) is 10.4. The van der Waals surface area contributed by atoms with E-state index < -0.39 is 10.0 Å². The van der Waals surface area contributed by atoms with Crippen LogP contribution in [-0.4, -0.2) is 20.2 Å². The number of terminal acetylenes is 1. The van der Waals surface area contributed by atoms with E-state index in [1.807, 2.05) is 0 Å². The Bertz CT molecular complexity index is 259. The lowest BCUT2D eigenvalue weighted by molar-refractivity contribution is 0.412. The fourth-order valence-electron chi connectivity index (χ4n) is 1.56. The highest BCUT2D eigenvalue weighted by molar-refractivity contribution is 7.89. The molecule has 0 aromatic rings. The molecule has 1 aliphatic rings. The van der Waals surface area contributed by atoms with Crippen molar-refractivity contribution < 1.29 is 9.84 Å². The summed E-state index contributed by atoms with van der Waals surface area (Å²) < 4.78 is 25.0. The summed E-state index contributed by atoms with van der Waals surface area (Å²) in [5.74, 6) is 0.198. The van der Waals surface area contributed by atoms with Crippen LogP contribution in [0.4, 0.5) is 0 Å². The molecule has 0 aromatic heterocycles. The van der Waals surface area contributed by atoms with Gasteiger partial charge in [0.05, 0.1) is 5.75 Å². The van der Waals surface area contributed by atoms with E-state index in [1.54, 1.807) is 6.92 Å². The Morgan fingerprint density at radius 2 is 1.73 bits per heavy atom. The summed E-state index contributed by atoms with van der Waals surface area (Å²) >= 11 is 0. The maximum Gasteiger partial charge on any atom is 0.211 e. The van der Waals surface area contributed by atoms with Gasteiger partial charge in [-0.1, -0.05) is 19.3 Å².